The molecule has 2 rings (SSSR count). The minimum absolute atomic E-state index is 0.285. The number of hydrogen-bond acceptors (Lipinski definition) is 1. The lowest BCUT2D eigenvalue weighted by Crippen LogP contribution is -1.96. The molecule has 0 saturated carbocycles. The monoisotopic (exact) mass is 231 g/mol. The number of carbonyl (C=O) groups is 1. The van der Waals surface area contributed by atoms with Crippen LogP contribution in [0.1, 0.15) is 25.7 Å². The molecule has 0 aliphatic heterocycles. The summed E-state index contributed by atoms with van der Waals surface area (Å²) in [7, 11) is 0. The number of benzene rings is 1. The SMILES string of the molecule is O=C(O)CCCCCn1cc2ccccc2c1. The summed E-state index contributed by atoms with van der Waals surface area (Å²) in [5.41, 5.74) is 0. The molecule has 0 amide bonds. The molecule has 1 N–H and O–H groups in total. The van der Waals surface area contributed by atoms with Gasteiger partial charge in [-0.2, -0.15) is 0 Å². The highest BCUT2D eigenvalue weighted by Gasteiger charge is 1.99. The van der Waals surface area contributed by atoms with Crippen LogP contribution in [0.2, 0.25) is 0 Å². The molecular formula is C14H17NO2. The molecule has 2 aromatic rings. The lowest BCUT2D eigenvalue weighted by molar-refractivity contribution is -0.137. The first-order chi connectivity index (χ1) is 8.25. The summed E-state index contributed by atoms with van der Waals surface area (Å²) in [5.74, 6) is -0.697. The highest BCUT2D eigenvalue weighted by molar-refractivity contribution is 5.81. The third kappa shape index (κ3) is 3.34. The fourth-order valence-corrected chi connectivity index (χ4v) is 2.02. The summed E-state index contributed by atoms with van der Waals surface area (Å²) in [4.78, 5) is 10.3. The molecule has 0 aliphatic carbocycles. The van der Waals surface area contributed by atoms with Gasteiger partial charge in [-0.05, 0) is 23.6 Å². The van der Waals surface area contributed by atoms with E-state index in [1.54, 1.807) is 0 Å². The van der Waals surface area contributed by atoms with E-state index in [1.165, 1.54) is 10.8 Å². The quantitative estimate of drug-likeness (QED) is 0.775. The Labute approximate surface area is 101 Å². The van der Waals surface area contributed by atoms with E-state index < -0.39 is 5.97 Å². The maximum atomic E-state index is 10.3. The Bertz CT molecular complexity index is 469. The minimum Gasteiger partial charge on any atom is -0.481 e. The summed E-state index contributed by atoms with van der Waals surface area (Å²) in [6, 6.07) is 8.30. The fourth-order valence-electron chi connectivity index (χ4n) is 2.02. The zero-order chi connectivity index (χ0) is 12.1. The maximum Gasteiger partial charge on any atom is 0.303 e. The molecule has 0 bridgehead atoms. The lowest BCUT2D eigenvalue weighted by atomic mass is 10.2. The molecule has 0 unspecified atom stereocenters. The molecule has 0 saturated heterocycles. The van der Waals surface area contributed by atoms with E-state index in [-0.39, 0.29) is 6.42 Å². The van der Waals surface area contributed by atoms with Gasteiger partial charge in [-0.15, -0.1) is 0 Å². The number of carboxylic acid groups (broad SMARTS) is 1. The van der Waals surface area contributed by atoms with Gasteiger partial charge >= 0.3 is 5.97 Å². The average molecular weight is 231 g/mol. The van der Waals surface area contributed by atoms with Gasteiger partial charge in [0.05, 0.1) is 0 Å². The van der Waals surface area contributed by atoms with Crippen molar-refractivity contribution in [3.63, 3.8) is 0 Å². The number of carboxylic acids is 1. The Morgan fingerprint density at radius 1 is 1.06 bits per heavy atom. The molecule has 3 nitrogen and oxygen atoms in total. The molecule has 0 spiro atoms. The summed E-state index contributed by atoms with van der Waals surface area (Å²) in [5, 5.41) is 11.0. The van der Waals surface area contributed by atoms with E-state index in [1.807, 2.05) is 12.1 Å². The first-order valence-electron chi connectivity index (χ1n) is 6.02. The fraction of sp³-hybridized carbons (Fsp3) is 0.357. The van der Waals surface area contributed by atoms with Crippen LogP contribution in [0.3, 0.4) is 0 Å². The van der Waals surface area contributed by atoms with Crippen LogP contribution in [0.4, 0.5) is 0 Å². The Hall–Kier alpha value is -1.77. The van der Waals surface area contributed by atoms with Crippen molar-refractivity contribution >= 4 is 16.7 Å². The third-order valence-electron chi connectivity index (χ3n) is 2.91. The van der Waals surface area contributed by atoms with Gasteiger partial charge in [-0.3, -0.25) is 4.79 Å². The number of hydrogen-bond donors (Lipinski definition) is 1. The zero-order valence-corrected chi connectivity index (χ0v) is 9.80. The average Bonchev–Trinajstić information content (AvgIpc) is 2.70. The van der Waals surface area contributed by atoms with E-state index >= 15 is 0 Å². The largest absolute Gasteiger partial charge is 0.481 e. The van der Waals surface area contributed by atoms with Gasteiger partial charge < -0.3 is 9.67 Å². The summed E-state index contributed by atoms with van der Waals surface area (Å²) in [6.07, 6.45) is 7.36. The van der Waals surface area contributed by atoms with Gasteiger partial charge in [0.1, 0.15) is 0 Å². The zero-order valence-electron chi connectivity index (χ0n) is 9.80. The van der Waals surface area contributed by atoms with E-state index in [4.69, 9.17) is 5.11 Å². The van der Waals surface area contributed by atoms with Crippen LogP contribution in [0.15, 0.2) is 36.7 Å². The molecule has 1 aromatic heterocycles. The van der Waals surface area contributed by atoms with E-state index in [0.717, 1.165) is 25.8 Å². The molecule has 90 valence electrons. The molecule has 1 aromatic carbocycles. The highest BCUT2D eigenvalue weighted by atomic mass is 16.4. The van der Waals surface area contributed by atoms with E-state index in [9.17, 15) is 4.79 Å². The predicted molar refractivity (Wildman–Crippen MR) is 68.0 cm³/mol. The van der Waals surface area contributed by atoms with Gasteiger partial charge in [0.15, 0.2) is 0 Å². The van der Waals surface area contributed by atoms with Crippen molar-refractivity contribution in [2.75, 3.05) is 0 Å². The number of nitrogens with zero attached hydrogens (tertiary/aromatic N) is 1. The van der Waals surface area contributed by atoms with Gasteiger partial charge in [0.25, 0.3) is 0 Å². The molecule has 3 heteroatoms. The molecular weight excluding hydrogens is 214 g/mol. The number of fused-ring (bicyclic) bond motifs is 1. The Morgan fingerprint density at radius 3 is 2.29 bits per heavy atom. The van der Waals surface area contributed by atoms with Crippen molar-refractivity contribution < 1.29 is 9.90 Å². The standard InChI is InChI=1S/C14H17NO2/c16-14(17)8-2-1-5-9-15-10-12-6-3-4-7-13(12)11-15/h3-4,6-7,10-11H,1-2,5,8-9H2,(H,16,17). The van der Waals surface area contributed by atoms with E-state index in [2.05, 4.69) is 29.1 Å². The smallest absolute Gasteiger partial charge is 0.303 e. The highest BCUT2D eigenvalue weighted by Crippen LogP contribution is 2.15. The second-order valence-corrected chi connectivity index (χ2v) is 4.33. The van der Waals surface area contributed by atoms with Crippen molar-refractivity contribution in [3.05, 3.63) is 36.7 Å². The van der Waals surface area contributed by atoms with Gasteiger partial charge in [0.2, 0.25) is 0 Å². The van der Waals surface area contributed by atoms with Crippen LogP contribution in [0, 0.1) is 0 Å². The number of unbranched alkanes of at least 4 members (excludes halogenated alkanes) is 2. The van der Waals surface area contributed by atoms with Crippen molar-refractivity contribution in [3.8, 4) is 0 Å². The molecule has 0 aliphatic rings. The summed E-state index contributed by atoms with van der Waals surface area (Å²) >= 11 is 0. The van der Waals surface area contributed by atoms with Crippen LogP contribution < -0.4 is 0 Å². The predicted octanol–water partition coefficient (Wildman–Crippen LogP) is 3.29. The van der Waals surface area contributed by atoms with Gasteiger partial charge in [0, 0.05) is 25.4 Å². The normalized spacial score (nSPS) is 10.8. The summed E-state index contributed by atoms with van der Waals surface area (Å²) < 4.78 is 2.19. The first-order valence-corrected chi connectivity index (χ1v) is 6.02. The second-order valence-electron chi connectivity index (χ2n) is 4.33. The topological polar surface area (TPSA) is 42.2 Å². The first kappa shape index (κ1) is 11.7. The Morgan fingerprint density at radius 2 is 1.71 bits per heavy atom. The van der Waals surface area contributed by atoms with Crippen molar-refractivity contribution in [2.24, 2.45) is 0 Å². The van der Waals surface area contributed by atoms with Crippen LogP contribution in [0.5, 0.6) is 0 Å². The molecule has 0 atom stereocenters. The maximum absolute atomic E-state index is 10.3. The Balaban J connectivity index is 1.81. The van der Waals surface area contributed by atoms with Gasteiger partial charge in [-0.1, -0.05) is 30.7 Å². The molecule has 0 radical (unpaired) electrons. The van der Waals surface area contributed by atoms with Crippen LogP contribution >= 0.6 is 0 Å². The number of aromatic nitrogens is 1. The van der Waals surface area contributed by atoms with E-state index in [0.29, 0.717) is 0 Å². The third-order valence-corrected chi connectivity index (χ3v) is 2.91. The number of rotatable bonds is 6. The molecule has 17 heavy (non-hydrogen) atoms. The summed E-state index contributed by atoms with van der Waals surface area (Å²) in [6.45, 7) is 0.967. The lowest BCUT2D eigenvalue weighted by Gasteiger charge is -2.01. The second kappa shape index (κ2) is 5.53. The van der Waals surface area contributed by atoms with Gasteiger partial charge in [-0.25, -0.2) is 0 Å². The van der Waals surface area contributed by atoms with Crippen molar-refractivity contribution in [1.82, 2.24) is 4.57 Å². The van der Waals surface area contributed by atoms with Crippen molar-refractivity contribution in [2.45, 2.75) is 32.2 Å². The van der Waals surface area contributed by atoms with Crippen LogP contribution in [0.25, 0.3) is 10.8 Å². The number of aryl methyl sites for hydroxylation is 1. The van der Waals surface area contributed by atoms with Crippen LogP contribution in [-0.2, 0) is 11.3 Å². The van der Waals surface area contributed by atoms with Crippen molar-refractivity contribution in [1.29, 1.82) is 0 Å². The number of aliphatic carboxylic acids is 1. The minimum atomic E-state index is -0.697. The Kier molecular flexibility index (Phi) is 3.81. The molecule has 1 heterocycles. The van der Waals surface area contributed by atoms with Crippen LogP contribution in [-0.4, -0.2) is 15.6 Å². The molecule has 0 fully saturated rings.